The lowest BCUT2D eigenvalue weighted by atomic mass is 10.00. The number of guanidine groups is 1. The minimum atomic E-state index is -0.00119. The molecule has 1 aliphatic rings. The summed E-state index contributed by atoms with van der Waals surface area (Å²) in [5, 5.41) is 15.6. The van der Waals surface area contributed by atoms with Gasteiger partial charge in [0, 0.05) is 43.1 Å². The molecule has 4 rings (SSSR count). The normalized spacial score (nSPS) is 15.9. The number of nitrogens with one attached hydrogen (secondary N) is 2. The summed E-state index contributed by atoms with van der Waals surface area (Å²) < 4.78 is 5.75. The van der Waals surface area contributed by atoms with Gasteiger partial charge in [-0.25, -0.2) is 0 Å². The summed E-state index contributed by atoms with van der Waals surface area (Å²) >= 11 is 0. The topological polar surface area (TPSA) is 107 Å². The molecule has 1 atom stereocenters. The number of likely N-dealkylation sites (tertiary alicyclic amines) is 1. The van der Waals surface area contributed by atoms with Crippen LogP contribution in [0.15, 0.2) is 64.3 Å². The highest BCUT2D eigenvalue weighted by Gasteiger charge is 2.28. The Morgan fingerprint density at radius 1 is 1.18 bits per heavy atom. The van der Waals surface area contributed by atoms with Gasteiger partial charge in [-0.3, -0.25) is 20.1 Å². The predicted molar refractivity (Wildman–Crippen MR) is 132 cm³/mol. The van der Waals surface area contributed by atoms with Crippen molar-refractivity contribution in [2.24, 2.45) is 10.9 Å². The largest absolute Gasteiger partial charge is 0.451 e. The van der Waals surface area contributed by atoms with E-state index in [0.29, 0.717) is 24.2 Å². The second-order valence-corrected chi connectivity index (χ2v) is 8.59. The van der Waals surface area contributed by atoms with E-state index in [1.165, 1.54) is 0 Å². The number of unbranched alkanes of at least 4 members (excludes halogenated alkanes) is 3. The Balaban J connectivity index is 1.13. The van der Waals surface area contributed by atoms with Gasteiger partial charge in [-0.1, -0.05) is 37.5 Å². The maximum absolute atomic E-state index is 12.8. The first-order valence-electron chi connectivity index (χ1n) is 11.9. The zero-order valence-electron chi connectivity index (χ0n) is 19.2. The number of fused-ring (bicyclic) bond motifs is 1. The first-order chi connectivity index (χ1) is 16.7. The van der Waals surface area contributed by atoms with Crippen molar-refractivity contribution in [3.05, 3.63) is 60.6 Å². The van der Waals surface area contributed by atoms with Gasteiger partial charge in [0.15, 0.2) is 12.0 Å². The van der Waals surface area contributed by atoms with Crippen molar-refractivity contribution in [1.82, 2.24) is 15.2 Å². The Kier molecular flexibility index (Phi) is 8.12. The maximum atomic E-state index is 12.8. The molecule has 0 spiro atoms. The van der Waals surface area contributed by atoms with Gasteiger partial charge in [0.2, 0.25) is 5.96 Å². The van der Waals surface area contributed by atoms with Gasteiger partial charge >= 0.3 is 0 Å². The van der Waals surface area contributed by atoms with E-state index >= 15 is 0 Å². The van der Waals surface area contributed by atoms with Crippen LogP contribution in [0, 0.1) is 17.4 Å². The van der Waals surface area contributed by atoms with E-state index in [1.54, 1.807) is 12.4 Å². The summed E-state index contributed by atoms with van der Waals surface area (Å²) in [5.74, 6) is 1.45. The van der Waals surface area contributed by atoms with Crippen molar-refractivity contribution in [3.63, 3.8) is 0 Å². The van der Waals surface area contributed by atoms with Crippen LogP contribution in [0.3, 0.4) is 0 Å². The van der Waals surface area contributed by atoms with Crippen LogP contribution in [0.4, 0.5) is 5.69 Å². The summed E-state index contributed by atoms with van der Waals surface area (Å²) in [6, 6.07) is 13.2. The Morgan fingerprint density at radius 3 is 2.82 bits per heavy atom. The highest BCUT2D eigenvalue weighted by atomic mass is 16.3. The summed E-state index contributed by atoms with van der Waals surface area (Å²) in [7, 11) is 0. The van der Waals surface area contributed by atoms with Gasteiger partial charge in [0.25, 0.3) is 5.91 Å². The molecule has 2 aromatic heterocycles. The van der Waals surface area contributed by atoms with E-state index in [1.807, 2.05) is 53.6 Å². The minimum Gasteiger partial charge on any atom is -0.451 e. The molecule has 0 aliphatic carbocycles. The fourth-order valence-corrected chi connectivity index (χ4v) is 4.32. The van der Waals surface area contributed by atoms with Gasteiger partial charge in [-0.05, 0) is 49.4 Å². The van der Waals surface area contributed by atoms with Crippen LogP contribution in [-0.4, -0.2) is 41.4 Å². The molecule has 3 heterocycles. The number of nitrogens with zero attached hydrogens (tertiary/aromatic N) is 4. The second-order valence-electron chi connectivity index (χ2n) is 8.59. The number of carbonyl (C=O) groups is 1. The van der Waals surface area contributed by atoms with Gasteiger partial charge in [0.05, 0.1) is 0 Å². The van der Waals surface area contributed by atoms with Crippen LogP contribution < -0.4 is 10.6 Å². The van der Waals surface area contributed by atoms with Crippen LogP contribution in [0.2, 0.25) is 0 Å². The van der Waals surface area contributed by atoms with E-state index in [4.69, 9.17) is 9.68 Å². The monoisotopic (exact) mass is 458 g/mol. The van der Waals surface area contributed by atoms with E-state index in [0.717, 1.165) is 68.3 Å². The number of carbonyl (C=O) groups excluding carboxylic acids is 1. The quantitative estimate of drug-likeness (QED) is 0.157. The third-order valence-corrected chi connectivity index (χ3v) is 6.12. The van der Waals surface area contributed by atoms with E-state index in [-0.39, 0.29) is 5.91 Å². The minimum absolute atomic E-state index is 0.00119. The molecule has 1 aliphatic heterocycles. The number of furan rings is 1. The first kappa shape index (κ1) is 23.3. The molecule has 0 bridgehead atoms. The van der Waals surface area contributed by atoms with Gasteiger partial charge in [-0.2, -0.15) is 5.26 Å². The molecule has 1 unspecified atom stereocenters. The summed E-state index contributed by atoms with van der Waals surface area (Å²) in [5.41, 5.74) is 1.59. The molecule has 0 saturated carbocycles. The fourth-order valence-electron chi connectivity index (χ4n) is 4.32. The van der Waals surface area contributed by atoms with Crippen molar-refractivity contribution >= 4 is 28.5 Å². The summed E-state index contributed by atoms with van der Waals surface area (Å²) in [6.45, 7) is 2.27. The number of benzene rings is 1. The Morgan fingerprint density at radius 2 is 2.00 bits per heavy atom. The lowest BCUT2D eigenvalue weighted by Gasteiger charge is -2.15. The number of aliphatic imine (C=N–C) groups is 1. The first-order valence-corrected chi connectivity index (χ1v) is 11.9. The molecule has 176 valence electrons. The third kappa shape index (κ3) is 6.35. The summed E-state index contributed by atoms with van der Waals surface area (Å²) in [4.78, 5) is 23.2. The predicted octanol–water partition coefficient (Wildman–Crippen LogP) is 4.78. The number of hydrogen-bond donors (Lipinski definition) is 2. The molecule has 34 heavy (non-hydrogen) atoms. The van der Waals surface area contributed by atoms with Gasteiger partial charge in [-0.15, -0.1) is 0 Å². The van der Waals surface area contributed by atoms with Gasteiger partial charge in [0.1, 0.15) is 5.58 Å². The third-order valence-electron chi connectivity index (χ3n) is 6.12. The van der Waals surface area contributed by atoms with Crippen molar-refractivity contribution in [3.8, 4) is 6.19 Å². The number of aromatic nitrogens is 1. The van der Waals surface area contributed by atoms with Crippen molar-refractivity contribution in [2.45, 2.75) is 38.5 Å². The molecule has 2 N–H and O–H groups in total. The molecule has 8 nitrogen and oxygen atoms in total. The number of pyridine rings is 1. The van der Waals surface area contributed by atoms with E-state index in [9.17, 15) is 4.79 Å². The molecule has 1 fully saturated rings. The lowest BCUT2D eigenvalue weighted by molar-refractivity contribution is 0.0757. The van der Waals surface area contributed by atoms with Crippen molar-refractivity contribution < 1.29 is 9.21 Å². The Hall–Kier alpha value is -3.86. The van der Waals surface area contributed by atoms with Crippen molar-refractivity contribution in [2.75, 3.05) is 25.0 Å². The number of nitriles is 1. The van der Waals surface area contributed by atoms with E-state index in [2.05, 4.69) is 20.6 Å². The summed E-state index contributed by atoms with van der Waals surface area (Å²) in [6.07, 6.45) is 11.8. The molecule has 3 aromatic rings. The SMILES string of the molecule is N#CNC(=NCCCCCCC1CCN(C(=O)c2cc3ccccc3o2)C1)Nc1ccncc1. The van der Waals surface area contributed by atoms with Crippen molar-refractivity contribution in [1.29, 1.82) is 5.26 Å². The molecule has 1 amide bonds. The van der Waals surface area contributed by atoms with Gasteiger partial charge < -0.3 is 14.6 Å². The van der Waals surface area contributed by atoms with Crippen LogP contribution in [-0.2, 0) is 0 Å². The molecule has 8 heteroatoms. The number of para-hydroxylation sites is 1. The van der Waals surface area contributed by atoms with Crippen LogP contribution in [0.25, 0.3) is 11.0 Å². The number of hydrogen-bond acceptors (Lipinski definition) is 5. The molecular formula is C26H30N6O2. The molecule has 0 radical (unpaired) electrons. The van der Waals surface area contributed by atoms with Crippen LogP contribution >= 0.6 is 0 Å². The Bertz CT molecular complexity index is 1120. The molecule has 1 saturated heterocycles. The Labute approximate surface area is 199 Å². The van der Waals surface area contributed by atoms with Crippen LogP contribution in [0.1, 0.15) is 49.1 Å². The smallest absolute Gasteiger partial charge is 0.289 e. The number of amides is 1. The standard InChI is InChI=1S/C26H30N6O2/c27-19-30-26(31-22-10-14-28-15-11-22)29-13-6-2-1-3-7-20-12-16-32(18-20)25(33)24-17-21-8-4-5-9-23(21)34-24/h4-5,8-11,14-15,17,20H,1-3,6-7,12-13,16,18H2,(H2,28,29,30,31). The highest BCUT2D eigenvalue weighted by Crippen LogP contribution is 2.26. The number of rotatable bonds is 9. The van der Waals surface area contributed by atoms with Crippen LogP contribution in [0.5, 0.6) is 0 Å². The maximum Gasteiger partial charge on any atom is 0.289 e. The zero-order valence-corrected chi connectivity index (χ0v) is 19.2. The number of anilines is 1. The zero-order chi connectivity index (χ0) is 23.6. The average Bonchev–Trinajstić information content (AvgIpc) is 3.51. The van der Waals surface area contributed by atoms with E-state index < -0.39 is 0 Å². The highest BCUT2D eigenvalue weighted by molar-refractivity contribution is 5.96. The fraction of sp³-hybridized carbons (Fsp3) is 0.385. The molecular weight excluding hydrogens is 428 g/mol. The lowest BCUT2D eigenvalue weighted by Crippen LogP contribution is -2.28. The second kappa shape index (κ2) is 11.8. The average molecular weight is 459 g/mol. The molecule has 1 aromatic carbocycles.